The molecule has 0 bridgehead atoms. The van der Waals surface area contributed by atoms with Gasteiger partial charge in [-0.3, -0.25) is 9.59 Å². The zero-order chi connectivity index (χ0) is 17.0. The zero-order valence-corrected chi connectivity index (χ0v) is 14.0. The second-order valence-corrected chi connectivity index (χ2v) is 5.66. The van der Waals surface area contributed by atoms with Crippen molar-refractivity contribution in [1.29, 1.82) is 0 Å². The van der Waals surface area contributed by atoms with Crippen molar-refractivity contribution in [1.82, 2.24) is 4.90 Å². The molecule has 0 radical (unpaired) electrons. The van der Waals surface area contributed by atoms with E-state index in [1.807, 2.05) is 19.1 Å². The topological polar surface area (TPSA) is 59.8 Å². The lowest BCUT2D eigenvalue weighted by molar-refractivity contribution is -0.132. The first-order valence-corrected chi connectivity index (χ1v) is 7.47. The van der Waals surface area contributed by atoms with Crippen LogP contribution < -0.4 is 4.74 Å². The number of nitrogens with zero attached hydrogens (tertiary/aromatic N) is 1. The van der Waals surface area contributed by atoms with E-state index >= 15 is 0 Å². The minimum atomic E-state index is -0.203. The molecule has 1 heterocycles. The Labute approximate surface area is 139 Å². The van der Waals surface area contributed by atoms with Gasteiger partial charge in [-0.1, -0.05) is 11.6 Å². The fourth-order valence-corrected chi connectivity index (χ4v) is 2.21. The van der Waals surface area contributed by atoms with Crippen LogP contribution in [-0.4, -0.2) is 30.2 Å². The van der Waals surface area contributed by atoms with Crippen LogP contribution in [0.2, 0.25) is 5.02 Å². The first kappa shape index (κ1) is 17.1. The summed E-state index contributed by atoms with van der Waals surface area (Å²) in [5, 5.41) is 0.301. The Morgan fingerprint density at radius 1 is 1.26 bits per heavy atom. The molecule has 23 heavy (non-hydrogen) atoms. The maximum atomic E-state index is 12.1. The molecule has 1 aromatic heterocycles. The molecule has 0 unspecified atom stereocenters. The minimum absolute atomic E-state index is 0.0806. The first-order valence-electron chi connectivity index (χ1n) is 7.09. The van der Waals surface area contributed by atoms with Crippen LogP contribution in [0.4, 0.5) is 0 Å². The van der Waals surface area contributed by atoms with Crippen molar-refractivity contribution >= 4 is 23.3 Å². The molecule has 2 aromatic rings. The van der Waals surface area contributed by atoms with Gasteiger partial charge >= 0.3 is 0 Å². The van der Waals surface area contributed by atoms with Gasteiger partial charge in [-0.15, -0.1) is 0 Å². The van der Waals surface area contributed by atoms with Gasteiger partial charge in [-0.2, -0.15) is 0 Å². The van der Waals surface area contributed by atoms with E-state index in [1.165, 1.54) is 17.9 Å². The second-order valence-electron chi connectivity index (χ2n) is 5.25. The van der Waals surface area contributed by atoms with Crippen LogP contribution in [0.1, 0.15) is 28.8 Å². The summed E-state index contributed by atoms with van der Waals surface area (Å²) < 4.78 is 10.9. The van der Waals surface area contributed by atoms with Crippen LogP contribution in [0.15, 0.2) is 34.7 Å². The summed E-state index contributed by atoms with van der Waals surface area (Å²) in [6.45, 7) is 3.53. The van der Waals surface area contributed by atoms with E-state index in [0.717, 1.165) is 5.76 Å². The molecule has 1 aromatic carbocycles. The number of hydrogen-bond donors (Lipinski definition) is 0. The molecule has 6 heteroatoms. The van der Waals surface area contributed by atoms with Crippen LogP contribution in [-0.2, 0) is 11.3 Å². The van der Waals surface area contributed by atoms with Crippen molar-refractivity contribution in [2.75, 3.05) is 13.7 Å². The average Bonchev–Trinajstić information content (AvgIpc) is 2.90. The molecule has 122 valence electrons. The highest BCUT2D eigenvalue weighted by atomic mass is 35.5. The van der Waals surface area contributed by atoms with Gasteiger partial charge in [0.25, 0.3) is 5.91 Å². The number of ketones is 1. The van der Waals surface area contributed by atoms with Gasteiger partial charge in [0.1, 0.15) is 17.3 Å². The van der Waals surface area contributed by atoms with E-state index < -0.39 is 0 Å². The minimum Gasteiger partial charge on any atom is -0.482 e. The highest BCUT2D eigenvalue weighted by Gasteiger charge is 2.13. The maximum absolute atomic E-state index is 12.1. The van der Waals surface area contributed by atoms with Crippen LogP contribution in [0.5, 0.6) is 5.75 Å². The van der Waals surface area contributed by atoms with Gasteiger partial charge in [0.05, 0.1) is 11.6 Å². The van der Waals surface area contributed by atoms with Gasteiger partial charge < -0.3 is 14.1 Å². The largest absolute Gasteiger partial charge is 0.482 e. The Hall–Kier alpha value is -2.27. The van der Waals surface area contributed by atoms with E-state index in [2.05, 4.69) is 0 Å². The molecular weight excluding hydrogens is 318 g/mol. The number of Topliss-reactive ketones (excluding diaryl/α,β-unsaturated/α-hetero) is 1. The van der Waals surface area contributed by atoms with E-state index in [9.17, 15) is 9.59 Å². The number of likely N-dealkylation sites (N-methyl/N-ethyl adjacent to an activating group) is 1. The lowest BCUT2D eigenvalue weighted by atomic mass is 10.1. The Morgan fingerprint density at radius 2 is 2.00 bits per heavy atom. The fraction of sp³-hybridized carbons (Fsp3) is 0.294. The summed E-state index contributed by atoms with van der Waals surface area (Å²) in [5.41, 5.74) is 0.499. The molecule has 0 N–H and O–H groups in total. The number of carbonyl (C=O) groups excluding carboxylic acids is 2. The molecule has 0 fully saturated rings. The summed E-state index contributed by atoms with van der Waals surface area (Å²) in [7, 11) is 1.67. The smallest absolute Gasteiger partial charge is 0.260 e. The molecule has 0 aliphatic carbocycles. The van der Waals surface area contributed by atoms with Crippen LogP contribution in [0, 0.1) is 6.92 Å². The van der Waals surface area contributed by atoms with Crippen molar-refractivity contribution in [3.8, 4) is 5.75 Å². The summed E-state index contributed by atoms with van der Waals surface area (Å²) in [6, 6.07) is 8.41. The Balaban J connectivity index is 1.92. The number of aryl methyl sites for hydroxylation is 1. The number of ether oxygens (including phenoxy) is 1. The van der Waals surface area contributed by atoms with Crippen molar-refractivity contribution in [3.63, 3.8) is 0 Å². The summed E-state index contributed by atoms with van der Waals surface area (Å²) in [6.07, 6.45) is 0. The molecule has 0 atom stereocenters. The van der Waals surface area contributed by atoms with Crippen molar-refractivity contribution in [3.05, 3.63) is 52.4 Å². The molecule has 0 saturated heterocycles. The number of amides is 1. The molecule has 1 amide bonds. The van der Waals surface area contributed by atoms with Gasteiger partial charge in [0.2, 0.25) is 0 Å². The molecule has 0 aliphatic heterocycles. The zero-order valence-electron chi connectivity index (χ0n) is 13.3. The standard InChI is InChI=1S/C17H18ClNO4/c1-11-4-6-14(23-11)9-19(3)17(21)10-22-16-7-5-13(12(2)20)8-15(16)18/h4-8H,9-10H2,1-3H3. The monoisotopic (exact) mass is 335 g/mol. The Kier molecular flexibility index (Phi) is 5.45. The van der Waals surface area contributed by atoms with Crippen molar-refractivity contribution in [2.24, 2.45) is 0 Å². The van der Waals surface area contributed by atoms with Crippen LogP contribution >= 0.6 is 11.6 Å². The number of halogens is 1. The molecule has 0 aliphatic rings. The van der Waals surface area contributed by atoms with Crippen molar-refractivity contribution in [2.45, 2.75) is 20.4 Å². The predicted molar refractivity (Wildman–Crippen MR) is 86.9 cm³/mol. The third-order valence-electron chi connectivity index (χ3n) is 3.30. The second kappa shape index (κ2) is 7.33. The van der Waals surface area contributed by atoms with Crippen molar-refractivity contribution < 1.29 is 18.7 Å². The quantitative estimate of drug-likeness (QED) is 0.758. The highest BCUT2D eigenvalue weighted by Crippen LogP contribution is 2.25. The molecule has 0 spiro atoms. The number of benzene rings is 1. The average molecular weight is 336 g/mol. The highest BCUT2D eigenvalue weighted by molar-refractivity contribution is 6.32. The molecular formula is C17H18ClNO4. The summed E-state index contributed by atoms with van der Waals surface area (Å²) >= 11 is 6.05. The van der Waals surface area contributed by atoms with Gasteiger partial charge in [-0.25, -0.2) is 0 Å². The van der Waals surface area contributed by atoms with Crippen LogP contribution in [0.3, 0.4) is 0 Å². The van der Waals surface area contributed by atoms with E-state index in [0.29, 0.717) is 28.6 Å². The molecule has 2 rings (SSSR count). The number of rotatable bonds is 6. The van der Waals surface area contributed by atoms with E-state index in [1.54, 1.807) is 19.2 Å². The predicted octanol–water partition coefficient (Wildman–Crippen LogP) is 3.48. The summed E-state index contributed by atoms with van der Waals surface area (Å²) in [5.74, 6) is 1.60. The van der Waals surface area contributed by atoms with Gasteiger partial charge in [0, 0.05) is 12.6 Å². The number of furan rings is 1. The molecule has 5 nitrogen and oxygen atoms in total. The number of hydrogen-bond acceptors (Lipinski definition) is 4. The Morgan fingerprint density at radius 3 is 2.57 bits per heavy atom. The van der Waals surface area contributed by atoms with Crippen LogP contribution in [0.25, 0.3) is 0 Å². The summed E-state index contributed by atoms with van der Waals surface area (Å²) in [4.78, 5) is 24.9. The van der Waals surface area contributed by atoms with Gasteiger partial charge in [-0.05, 0) is 44.2 Å². The lowest BCUT2D eigenvalue weighted by Gasteiger charge is -2.16. The molecule has 0 saturated carbocycles. The van der Waals surface area contributed by atoms with E-state index in [-0.39, 0.29) is 18.3 Å². The third kappa shape index (κ3) is 4.60. The number of carbonyl (C=O) groups is 2. The fourth-order valence-electron chi connectivity index (χ4n) is 1.98. The van der Waals surface area contributed by atoms with E-state index in [4.69, 9.17) is 20.8 Å². The first-order chi connectivity index (χ1) is 10.9. The lowest BCUT2D eigenvalue weighted by Crippen LogP contribution is -2.30. The Bertz CT molecular complexity index is 723. The SMILES string of the molecule is CC(=O)c1ccc(OCC(=O)N(C)Cc2ccc(C)o2)c(Cl)c1. The normalized spacial score (nSPS) is 10.4. The third-order valence-corrected chi connectivity index (χ3v) is 3.60. The van der Waals surface area contributed by atoms with Gasteiger partial charge in [0.15, 0.2) is 12.4 Å². The maximum Gasteiger partial charge on any atom is 0.260 e.